The lowest BCUT2D eigenvalue weighted by Gasteiger charge is -2.09. The molecule has 0 fully saturated rings. The van der Waals surface area contributed by atoms with E-state index in [1.54, 1.807) is 18.1 Å². The Bertz CT molecular complexity index is 747. The van der Waals surface area contributed by atoms with Crippen LogP contribution in [0.4, 0.5) is 0 Å². The van der Waals surface area contributed by atoms with E-state index in [2.05, 4.69) is 15.4 Å². The highest BCUT2D eigenvalue weighted by Gasteiger charge is 2.14. The van der Waals surface area contributed by atoms with Crippen LogP contribution in [0.5, 0.6) is 5.75 Å². The largest absolute Gasteiger partial charge is 0.493 e. The molecule has 0 amide bonds. The summed E-state index contributed by atoms with van der Waals surface area (Å²) in [5.41, 5.74) is 0.777. The molecule has 0 aliphatic carbocycles. The first-order chi connectivity index (χ1) is 10.2. The lowest BCUT2D eigenvalue weighted by molar-refractivity contribution is 0.399. The van der Waals surface area contributed by atoms with Crippen LogP contribution in [-0.2, 0) is 13.6 Å². The second kappa shape index (κ2) is 5.57. The molecule has 0 bridgehead atoms. The van der Waals surface area contributed by atoms with Crippen LogP contribution in [-0.4, -0.2) is 21.9 Å². The predicted octanol–water partition coefficient (Wildman–Crippen LogP) is 2.42. The van der Waals surface area contributed by atoms with E-state index in [-0.39, 0.29) is 6.04 Å². The molecule has 2 aromatic heterocycles. The normalized spacial score (nSPS) is 12.7. The van der Waals surface area contributed by atoms with Gasteiger partial charge in [0.25, 0.3) is 0 Å². The Hall–Kier alpha value is -2.34. The zero-order chi connectivity index (χ0) is 14.8. The molecule has 1 aromatic carbocycles. The fourth-order valence-corrected chi connectivity index (χ4v) is 2.24. The Morgan fingerprint density at radius 2 is 2.29 bits per heavy atom. The number of aromatic nitrogens is 3. The quantitative estimate of drug-likeness (QED) is 0.780. The molecule has 1 atom stereocenters. The number of hydrogen-bond donors (Lipinski definition) is 1. The Morgan fingerprint density at radius 3 is 3.00 bits per heavy atom. The van der Waals surface area contributed by atoms with Gasteiger partial charge in [0.1, 0.15) is 12.1 Å². The summed E-state index contributed by atoms with van der Waals surface area (Å²) in [6, 6.07) is 7.95. The van der Waals surface area contributed by atoms with Crippen molar-refractivity contribution in [2.24, 2.45) is 7.05 Å². The van der Waals surface area contributed by atoms with Crippen LogP contribution in [0.2, 0.25) is 0 Å². The van der Waals surface area contributed by atoms with Crippen LogP contribution >= 0.6 is 0 Å². The minimum absolute atomic E-state index is 0.0610. The van der Waals surface area contributed by atoms with Gasteiger partial charge in [-0.25, -0.2) is 4.98 Å². The summed E-state index contributed by atoms with van der Waals surface area (Å²) in [4.78, 5) is 4.19. The number of benzene rings is 1. The molecule has 6 heteroatoms. The predicted molar refractivity (Wildman–Crippen MR) is 79.0 cm³/mol. The van der Waals surface area contributed by atoms with E-state index < -0.39 is 0 Å². The second-order valence-corrected chi connectivity index (χ2v) is 4.96. The molecule has 0 saturated heterocycles. The Kier molecular flexibility index (Phi) is 3.62. The van der Waals surface area contributed by atoms with Gasteiger partial charge in [-0.3, -0.25) is 4.68 Å². The van der Waals surface area contributed by atoms with E-state index in [0.29, 0.717) is 6.54 Å². The van der Waals surface area contributed by atoms with Gasteiger partial charge in [-0.2, -0.15) is 5.10 Å². The Morgan fingerprint density at radius 1 is 1.43 bits per heavy atom. The Balaban J connectivity index is 1.76. The van der Waals surface area contributed by atoms with Gasteiger partial charge in [0, 0.05) is 12.4 Å². The van der Waals surface area contributed by atoms with Crippen molar-refractivity contribution in [1.29, 1.82) is 0 Å². The topological polar surface area (TPSA) is 65.1 Å². The van der Waals surface area contributed by atoms with E-state index in [0.717, 1.165) is 28.3 Å². The number of para-hydroxylation sites is 1. The third-order valence-corrected chi connectivity index (χ3v) is 3.39. The molecule has 0 aliphatic heterocycles. The highest BCUT2D eigenvalue weighted by molar-refractivity contribution is 5.83. The van der Waals surface area contributed by atoms with Crippen molar-refractivity contribution in [3.8, 4) is 5.75 Å². The van der Waals surface area contributed by atoms with Gasteiger partial charge in [-0.15, -0.1) is 0 Å². The average molecular weight is 286 g/mol. The maximum absolute atomic E-state index is 5.91. The molecule has 0 aliphatic rings. The van der Waals surface area contributed by atoms with Crippen molar-refractivity contribution in [2.45, 2.75) is 19.5 Å². The number of furan rings is 1. The molecule has 2 heterocycles. The van der Waals surface area contributed by atoms with Crippen molar-refractivity contribution in [1.82, 2.24) is 20.1 Å². The van der Waals surface area contributed by atoms with Gasteiger partial charge < -0.3 is 14.5 Å². The monoisotopic (exact) mass is 286 g/mol. The average Bonchev–Trinajstić information content (AvgIpc) is 3.10. The Labute approximate surface area is 122 Å². The van der Waals surface area contributed by atoms with Crippen LogP contribution in [0.15, 0.2) is 35.0 Å². The number of nitrogens with zero attached hydrogens (tertiary/aromatic N) is 3. The fraction of sp³-hybridized carbons (Fsp3) is 0.333. The van der Waals surface area contributed by atoms with Crippen molar-refractivity contribution >= 4 is 11.0 Å². The SMILES string of the molecule is COc1cccc2cc(C(C)NCc3ncn(C)n3)oc12. The molecule has 21 heavy (non-hydrogen) atoms. The van der Waals surface area contributed by atoms with Crippen molar-refractivity contribution in [3.05, 3.63) is 42.2 Å². The molecular weight excluding hydrogens is 268 g/mol. The summed E-state index contributed by atoms with van der Waals surface area (Å²) < 4.78 is 12.9. The summed E-state index contributed by atoms with van der Waals surface area (Å²) >= 11 is 0. The van der Waals surface area contributed by atoms with Crippen LogP contribution in [0.25, 0.3) is 11.0 Å². The molecule has 110 valence electrons. The van der Waals surface area contributed by atoms with E-state index >= 15 is 0 Å². The number of methoxy groups -OCH3 is 1. The lowest BCUT2D eigenvalue weighted by atomic mass is 10.2. The maximum atomic E-state index is 5.91. The van der Waals surface area contributed by atoms with Gasteiger partial charge >= 0.3 is 0 Å². The number of ether oxygens (including phenoxy) is 1. The summed E-state index contributed by atoms with van der Waals surface area (Å²) in [6.07, 6.45) is 1.69. The van der Waals surface area contributed by atoms with Gasteiger partial charge in [-0.1, -0.05) is 12.1 Å². The number of fused-ring (bicyclic) bond motifs is 1. The fourth-order valence-electron chi connectivity index (χ4n) is 2.24. The van der Waals surface area contributed by atoms with Crippen molar-refractivity contribution < 1.29 is 9.15 Å². The zero-order valence-electron chi connectivity index (χ0n) is 12.3. The molecule has 1 unspecified atom stereocenters. The molecule has 0 radical (unpaired) electrons. The van der Waals surface area contributed by atoms with Crippen molar-refractivity contribution in [2.75, 3.05) is 7.11 Å². The molecule has 6 nitrogen and oxygen atoms in total. The zero-order valence-corrected chi connectivity index (χ0v) is 12.3. The van der Waals surface area contributed by atoms with E-state index in [9.17, 15) is 0 Å². The first kappa shape index (κ1) is 13.6. The minimum Gasteiger partial charge on any atom is -0.493 e. The van der Waals surface area contributed by atoms with Gasteiger partial charge in [0.2, 0.25) is 0 Å². The second-order valence-electron chi connectivity index (χ2n) is 4.96. The number of nitrogens with one attached hydrogen (secondary N) is 1. The summed E-state index contributed by atoms with van der Waals surface area (Å²) in [5, 5.41) is 8.63. The molecule has 3 rings (SSSR count). The molecule has 0 spiro atoms. The van der Waals surface area contributed by atoms with Crippen LogP contribution in [0.1, 0.15) is 24.6 Å². The smallest absolute Gasteiger partial charge is 0.176 e. The maximum Gasteiger partial charge on any atom is 0.176 e. The third-order valence-electron chi connectivity index (χ3n) is 3.39. The van der Waals surface area contributed by atoms with E-state index in [1.807, 2.05) is 38.2 Å². The lowest BCUT2D eigenvalue weighted by Crippen LogP contribution is -2.18. The highest BCUT2D eigenvalue weighted by Crippen LogP contribution is 2.30. The highest BCUT2D eigenvalue weighted by atomic mass is 16.5. The molecule has 3 aromatic rings. The molecule has 0 saturated carbocycles. The van der Waals surface area contributed by atoms with Crippen LogP contribution in [0.3, 0.4) is 0 Å². The van der Waals surface area contributed by atoms with Crippen LogP contribution in [0, 0.1) is 0 Å². The molecule has 1 N–H and O–H groups in total. The summed E-state index contributed by atoms with van der Waals surface area (Å²) in [7, 11) is 3.50. The number of aryl methyl sites for hydroxylation is 1. The first-order valence-electron chi connectivity index (χ1n) is 6.81. The van der Waals surface area contributed by atoms with Gasteiger partial charge in [0.05, 0.1) is 19.7 Å². The standard InChI is InChI=1S/C15H18N4O2/c1-10(16-8-14-17-9-19(2)18-14)13-7-11-5-4-6-12(20-3)15(11)21-13/h4-7,9-10,16H,8H2,1-3H3. The van der Waals surface area contributed by atoms with Crippen molar-refractivity contribution in [3.63, 3.8) is 0 Å². The van der Waals surface area contributed by atoms with E-state index in [4.69, 9.17) is 9.15 Å². The minimum atomic E-state index is 0.0610. The summed E-state index contributed by atoms with van der Waals surface area (Å²) in [5.74, 6) is 2.38. The third kappa shape index (κ3) is 2.75. The number of rotatable bonds is 5. The summed E-state index contributed by atoms with van der Waals surface area (Å²) in [6.45, 7) is 2.64. The molecular formula is C15H18N4O2. The number of hydrogen-bond acceptors (Lipinski definition) is 5. The van der Waals surface area contributed by atoms with Gasteiger partial charge in [-0.05, 0) is 19.1 Å². The van der Waals surface area contributed by atoms with Gasteiger partial charge in [0.15, 0.2) is 17.2 Å². The van der Waals surface area contributed by atoms with Crippen LogP contribution < -0.4 is 10.1 Å². The van der Waals surface area contributed by atoms with E-state index in [1.165, 1.54) is 0 Å². The first-order valence-corrected chi connectivity index (χ1v) is 6.81.